The number of nitrogens with one attached hydrogen (secondary N) is 1. The molecule has 1 amide bonds. The van der Waals surface area contributed by atoms with E-state index in [1.54, 1.807) is 61.5 Å². The molecule has 0 radical (unpaired) electrons. The zero-order valence-electron chi connectivity index (χ0n) is 23.7. The molecular weight excluding hydrogens is 649 g/mol. The molecule has 0 heterocycles. The molecule has 0 saturated heterocycles. The van der Waals surface area contributed by atoms with E-state index in [-0.39, 0.29) is 17.2 Å². The first kappa shape index (κ1) is 32.9. The minimum Gasteiger partial charge on any atom is -0.493 e. The van der Waals surface area contributed by atoms with Gasteiger partial charge in [-0.05, 0) is 84.8 Å². The van der Waals surface area contributed by atoms with E-state index in [1.165, 1.54) is 37.6 Å². The van der Waals surface area contributed by atoms with E-state index in [2.05, 4.69) is 10.5 Å². The van der Waals surface area contributed by atoms with Gasteiger partial charge in [-0.25, -0.2) is 13.8 Å². The number of carbonyl (C=O) groups excluding carboxylic acids is 1. The molecule has 4 rings (SSSR count). The van der Waals surface area contributed by atoms with Crippen molar-refractivity contribution in [3.63, 3.8) is 0 Å². The number of methoxy groups -OCH3 is 1. The third kappa shape index (κ3) is 8.35. The minimum atomic E-state index is -4.19. The molecule has 0 aliphatic carbocycles. The highest BCUT2D eigenvalue weighted by molar-refractivity contribution is 7.92. The monoisotopic (exact) mass is 675 g/mol. The van der Waals surface area contributed by atoms with E-state index >= 15 is 0 Å². The van der Waals surface area contributed by atoms with Crippen LogP contribution in [-0.2, 0) is 21.4 Å². The molecule has 0 unspecified atom stereocenters. The van der Waals surface area contributed by atoms with Gasteiger partial charge in [0.1, 0.15) is 18.9 Å². The molecule has 0 aliphatic heterocycles. The number of sulfonamides is 1. The van der Waals surface area contributed by atoms with Crippen LogP contribution in [0.15, 0.2) is 94.9 Å². The molecule has 0 atom stereocenters. The molecule has 1 N–H and O–H groups in total. The fourth-order valence-electron chi connectivity index (χ4n) is 3.99. The summed E-state index contributed by atoms with van der Waals surface area (Å²) in [6.07, 6.45) is 1.40. The number of hydrogen-bond donors (Lipinski definition) is 1. The van der Waals surface area contributed by atoms with Gasteiger partial charge < -0.3 is 14.2 Å². The Bertz CT molecular complexity index is 1750. The second-order valence-corrected chi connectivity index (χ2v) is 12.2. The van der Waals surface area contributed by atoms with E-state index < -0.39 is 22.5 Å². The number of amides is 1. The van der Waals surface area contributed by atoms with Crippen LogP contribution in [-0.4, -0.2) is 40.8 Å². The summed E-state index contributed by atoms with van der Waals surface area (Å²) in [4.78, 5) is 13.0. The summed E-state index contributed by atoms with van der Waals surface area (Å²) < 4.78 is 45.3. The number of rotatable bonds is 13. The van der Waals surface area contributed by atoms with Crippen LogP contribution in [0, 0.1) is 0 Å². The summed E-state index contributed by atoms with van der Waals surface area (Å²) >= 11 is 18.0. The minimum absolute atomic E-state index is 0.0435. The van der Waals surface area contributed by atoms with Crippen LogP contribution in [0.25, 0.3) is 0 Å². The maximum Gasteiger partial charge on any atom is 0.264 e. The Balaban J connectivity index is 1.49. The van der Waals surface area contributed by atoms with Gasteiger partial charge in [-0.3, -0.25) is 9.10 Å². The molecule has 44 heavy (non-hydrogen) atoms. The average Bonchev–Trinajstić information content (AvgIpc) is 3.01. The number of anilines is 1. The van der Waals surface area contributed by atoms with Crippen LogP contribution in [0.3, 0.4) is 0 Å². The Kier molecular flexibility index (Phi) is 11.4. The molecule has 0 fully saturated rings. The van der Waals surface area contributed by atoms with E-state index in [4.69, 9.17) is 49.0 Å². The van der Waals surface area contributed by atoms with Crippen LogP contribution in [0.4, 0.5) is 5.69 Å². The fourth-order valence-corrected chi connectivity index (χ4v) is 5.87. The summed E-state index contributed by atoms with van der Waals surface area (Å²) in [5, 5.41) is 5.27. The number of ether oxygens (including phenoxy) is 3. The number of hydrazone groups is 1. The Labute approximate surface area is 271 Å². The first-order valence-electron chi connectivity index (χ1n) is 13.2. The van der Waals surface area contributed by atoms with Crippen molar-refractivity contribution in [2.45, 2.75) is 18.4 Å². The van der Waals surface area contributed by atoms with Crippen LogP contribution < -0.4 is 23.9 Å². The van der Waals surface area contributed by atoms with Gasteiger partial charge in [-0.15, -0.1) is 0 Å². The number of para-hydroxylation sites is 2. The molecule has 13 heteroatoms. The van der Waals surface area contributed by atoms with Crippen molar-refractivity contribution in [1.29, 1.82) is 0 Å². The summed E-state index contributed by atoms with van der Waals surface area (Å²) in [6, 6.07) is 22.5. The second kappa shape index (κ2) is 15.2. The first-order valence-corrected chi connectivity index (χ1v) is 15.8. The third-order valence-corrected chi connectivity index (χ3v) is 8.86. The summed E-state index contributed by atoms with van der Waals surface area (Å²) in [5.74, 6) is 0.542. The molecule has 0 aromatic heterocycles. The summed E-state index contributed by atoms with van der Waals surface area (Å²) in [7, 11) is -2.69. The normalized spacial score (nSPS) is 11.3. The largest absolute Gasteiger partial charge is 0.493 e. The van der Waals surface area contributed by atoms with Gasteiger partial charge in [0.05, 0.1) is 40.6 Å². The fraction of sp³-hybridized carbons (Fsp3) is 0.161. The third-order valence-electron chi connectivity index (χ3n) is 6.09. The highest BCUT2D eigenvalue weighted by atomic mass is 35.5. The number of nitrogens with zero attached hydrogens (tertiary/aromatic N) is 2. The lowest BCUT2D eigenvalue weighted by atomic mass is 10.2. The lowest BCUT2D eigenvalue weighted by molar-refractivity contribution is -0.119. The van der Waals surface area contributed by atoms with Crippen LogP contribution in [0.2, 0.25) is 15.1 Å². The second-order valence-electron chi connectivity index (χ2n) is 9.11. The number of hydrogen-bond acceptors (Lipinski definition) is 7. The van der Waals surface area contributed by atoms with Crippen molar-refractivity contribution >= 4 is 62.6 Å². The topological polar surface area (TPSA) is 107 Å². The van der Waals surface area contributed by atoms with Gasteiger partial charge in [0.15, 0.2) is 11.5 Å². The number of halogens is 3. The van der Waals surface area contributed by atoms with Crippen molar-refractivity contribution in [1.82, 2.24) is 5.43 Å². The van der Waals surface area contributed by atoms with E-state index in [9.17, 15) is 13.2 Å². The molecule has 0 bridgehead atoms. The molecule has 9 nitrogen and oxygen atoms in total. The van der Waals surface area contributed by atoms with Crippen LogP contribution in [0.5, 0.6) is 17.2 Å². The van der Waals surface area contributed by atoms with Gasteiger partial charge in [0, 0.05) is 5.02 Å². The van der Waals surface area contributed by atoms with Gasteiger partial charge in [-0.2, -0.15) is 5.10 Å². The van der Waals surface area contributed by atoms with E-state index in [0.29, 0.717) is 44.5 Å². The van der Waals surface area contributed by atoms with E-state index in [0.717, 1.165) is 9.87 Å². The molecule has 0 saturated carbocycles. The van der Waals surface area contributed by atoms with Gasteiger partial charge in [-0.1, -0.05) is 53.0 Å². The predicted octanol–water partition coefficient (Wildman–Crippen LogP) is 6.98. The maximum atomic E-state index is 13.7. The van der Waals surface area contributed by atoms with Crippen LogP contribution in [0.1, 0.15) is 18.1 Å². The number of carbonyl (C=O) groups is 1. The lowest BCUT2D eigenvalue weighted by Crippen LogP contribution is -2.39. The maximum absolute atomic E-state index is 13.7. The highest BCUT2D eigenvalue weighted by Crippen LogP contribution is 2.33. The quantitative estimate of drug-likeness (QED) is 0.121. The molecule has 0 spiro atoms. The van der Waals surface area contributed by atoms with Crippen molar-refractivity contribution in [3.8, 4) is 17.2 Å². The molecule has 0 aliphatic rings. The SMILES string of the molecule is CCOc1ccccc1N(CC(=O)N/N=C\c1ccc(OCc2ccc(Cl)c(Cl)c2)c(OC)c1)S(=O)(=O)c1ccc(Cl)cc1. The molecule has 230 valence electrons. The highest BCUT2D eigenvalue weighted by Gasteiger charge is 2.29. The Hall–Kier alpha value is -3.96. The first-order chi connectivity index (χ1) is 21.1. The van der Waals surface area contributed by atoms with Gasteiger partial charge in [0.2, 0.25) is 0 Å². The van der Waals surface area contributed by atoms with Gasteiger partial charge >= 0.3 is 0 Å². The zero-order valence-corrected chi connectivity index (χ0v) is 26.8. The Morgan fingerprint density at radius 2 is 1.64 bits per heavy atom. The molecule has 4 aromatic rings. The summed E-state index contributed by atoms with van der Waals surface area (Å²) in [6.45, 7) is 1.74. The summed E-state index contributed by atoms with van der Waals surface area (Å²) in [5.41, 5.74) is 4.01. The van der Waals surface area contributed by atoms with Crippen molar-refractivity contribution in [3.05, 3.63) is 111 Å². The van der Waals surface area contributed by atoms with Crippen molar-refractivity contribution in [2.24, 2.45) is 5.10 Å². The Morgan fingerprint density at radius 3 is 2.34 bits per heavy atom. The van der Waals surface area contributed by atoms with Gasteiger partial charge in [0.25, 0.3) is 15.9 Å². The van der Waals surface area contributed by atoms with Crippen molar-refractivity contribution < 1.29 is 27.4 Å². The predicted molar refractivity (Wildman–Crippen MR) is 173 cm³/mol. The lowest BCUT2D eigenvalue weighted by Gasteiger charge is -2.25. The number of benzene rings is 4. The standard InChI is InChI=1S/C31H28Cl3N3O6S/c1-3-42-28-7-5-4-6-27(28)37(44(39,40)24-12-10-23(32)11-13-24)19-31(38)36-35-18-21-9-15-29(30(17-21)41-2)43-20-22-8-14-25(33)26(34)16-22/h4-18H,3,19-20H2,1-2H3,(H,36,38)/b35-18-. The van der Waals surface area contributed by atoms with Crippen LogP contribution >= 0.6 is 34.8 Å². The Morgan fingerprint density at radius 1 is 0.886 bits per heavy atom. The molecule has 4 aromatic carbocycles. The smallest absolute Gasteiger partial charge is 0.264 e. The average molecular weight is 677 g/mol. The van der Waals surface area contributed by atoms with E-state index in [1.807, 2.05) is 6.07 Å². The zero-order chi connectivity index (χ0) is 31.7. The van der Waals surface area contributed by atoms with Crippen molar-refractivity contribution in [2.75, 3.05) is 24.6 Å². The molecular formula is C31H28Cl3N3O6S.